The molecule has 18 nitrogen and oxygen atoms in total. The van der Waals surface area contributed by atoms with Gasteiger partial charge in [0.2, 0.25) is 11.8 Å². The molecule has 2 heterocycles. The van der Waals surface area contributed by atoms with Crippen molar-refractivity contribution in [2.75, 3.05) is 52.7 Å². The van der Waals surface area contributed by atoms with E-state index in [2.05, 4.69) is 10.6 Å². The molecule has 2 aliphatic rings. The molecule has 0 bridgehead atoms. The molecule has 0 saturated carbocycles. The fourth-order valence-electron chi connectivity index (χ4n) is 10.5. The Morgan fingerprint density at radius 2 is 0.675 bits per heavy atom. The standard InChI is InChI=1S/C62H52N4O14/c1-3-75-27-25-63-57(69)43(33-67)65-59(71)39-29-45(77-35-17-9-5-10-18-35)51-53-47(79-37-21-13-7-14-22-37)31-41-50-42(62(74)66(61(41)73)44(34-68)58(70)64-26-28-76-4-2)32-48(80-38-23-15-8-16-24-38)54(56(50)53)52-46(78-36-19-11-6-12-20-36)30-40(60(65)72)49(39)55(51)52/h5-24,29-32,43-44,67-68H,3-4,25-28,33-34H2,1-2H3,(H,63,69)(H,64,70). The van der Waals surface area contributed by atoms with Gasteiger partial charge in [0.1, 0.15) is 58.1 Å². The Bertz CT molecular complexity index is 3420. The van der Waals surface area contributed by atoms with Crippen LogP contribution in [0.4, 0.5) is 0 Å². The molecule has 0 radical (unpaired) electrons. The van der Waals surface area contributed by atoms with E-state index in [1.165, 1.54) is 24.3 Å². The van der Waals surface area contributed by atoms with Crippen molar-refractivity contribution >= 4 is 78.5 Å². The Labute approximate surface area is 457 Å². The summed E-state index contributed by atoms with van der Waals surface area (Å²) in [7, 11) is 0. The summed E-state index contributed by atoms with van der Waals surface area (Å²) in [6.45, 7) is 2.81. The Balaban J connectivity index is 1.30. The van der Waals surface area contributed by atoms with Crippen LogP contribution >= 0.6 is 0 Å². The summed E-state index contributed by atoms with van der Waals surface area (Å²) in [6, 6.07) is 37.2. The van der Waals surface area contributed by atoms with E-state index in [1.54, 1.807) is 135 Å². The molecule has 11 rings (SSSR count). The van der Waals surface area contributed by atoms with Gasteiger partial charge < -0.3 is 49.3 Å². The number of aliphatic hydroxyl groups excluding tert-OH is 2. The smallest absolute Gasteiger partial charge is 0.262 e. The Morgan fingerprint density at radius 3 is 0.912 bits per heavy atom. The van der Waals surface area contributed by atoms with E-state index in [0.717, 1.165) is 9.80 Å². The molecule has 404 valence electrons. The minimum Gasteiger partial charge on any atom is -0.457 e. The summed E-state index contributed by atoms with van der Waals surface area (Å²) in [5.74, 6) is -3.95. The van der Waals surface area contributed by atoms with E-state index in [-0.39, 0.29) is 115 Å². The van der Waals surface area contributed by atoms with Crippen LogP contribution < -0.4 is 29.6 Å². The lowest BCUT2D eigenvalue weighted by molar-refractivity contribution is -0.127. The Morgan fingerprint density at radius 1 is 0.412 bits per heavy atom. The molecular weight excluding hydrogens is 1020 g/mol. The molecular formula is C62H52N4O14. The van der Waals surface area contributed by atoms with Crippen molar-refractivity contribution in [3.05, 3.63) is 168 Å². The zero-order valence-electron chi connectivity index (χ0n) is 43.4. The second kappa shape index (κ2) is 22.5. The van der Waals surface area contributed by atoms with Gasteiger partial charge in [-0.1, -0.05) is 72.8 Å². The number of para-hydroxylation sites is 4. The third-order valence-corrected chi connectivity index (χ3v) is 13.9. The maximum absolute atomic E-state index is 15.4. The van der Waals surface area contributed by atoms with Gasteiger partial charge in [0, 0.05) is 69.4 Å². The molecule has 18 heteroatoms. The molecule has 4 N–H and O–H groups in total. The number of carbonyl (C=O) groups excluding carboxylic acids is 6. The number of imide groups is 2. The summed E-state index contributed by atoms with van der Waals surface area (Å²) >= 11 is 0. The summed E-state index contributed by atoms with van der Waals surface area (Å²) in [5, 5.41) is 28.8. The zero-order chi connectivity index (χ0) is 55.6. The maximum atomic E-state index is 15.4. The fraction of sp³-hybridized carbons (Fsp3) is 0.194. The number of ether oxygens (including phenoxy) is 6. The van der Waals surface area contributed by atoms with Crippen molar-refractivity contribution in [1.29, 1.82) is 0 Å². The van der Waals surface area contributed by atoms with Gasteiger partial charge in [-0.05, 0) is 86.6 Å². The topological polar surface area (TPSA) is 229 Å². The van der Waals surface area contributed by atoms with Crippen LogP contribution in [0, 0.1) is 0 Å². The lowest BCUT2D eigenvalue weighted by Gasteiger charge is -2.35. The van der Waals surface area contributed by atoms with Crippen molar-refractivity contribution in [2.45, 2.75) is 25.9 Å². The molecule has 0 aliphatic carbocycles. The van der Waals surface area contributed by atoms with Crippen LogP contribution in [0.25, 0.3) is 43.1 Å². The van der Waals surface area contributed by atoms with Crippen LogP contribution in [0.1, 0.15) is 55.3 Å². The highest BCUT2D eigenvalue weighted by atomic mass is 16.5. The minimum atomic E-state index is -1.70. The minimum absolute atomic E-state index is 0.0269. The number of hydrogen-bond donors (Lipinski definition) is 4. The van der Waals surface area contributed by atoms with Crippen molar-refractivity contribution in [1.82, 2.24) is 20.4 Å². The molecule has 0 spiro atoms. The van der Waals surface area contributed by atoms with E-state index in [1.807, 2.05) is 0 Å². The van der Waals surface area contributed by atoms with E-state index < -0.39 is 60.7 Å². The number of aliphatic hydroxyl groups is 2. The summed E-state index contributed by atoms with van der Waals surface area (Å²) in [5.41, 5.74) is -0.341. The first kappa shape index (κ1) is 52.6. The second-order valence-corrected chi connectivity index (χ2v) is 18.7. The van der Waals surface area contributed by atoms with E-state index >= 15 is 19.2 Å². The first-order valence-electron chi connectivity index (χ1n) is 26.0. The lowest BCUT2D eigenvalue weighted by atomic mass is 9.80. The predicted octanol–water partition coefficient (Wildman–Crippen LogP) is 9.13. The fourth-order valence-corrected chi connectivity index (χ4v) is 10.5. The quantitative estimate of drug-likeness (QED) is 0.0215. The van der Waals surface area contributed by atoms with Gasteiger partial charge in [0.15, 0.2) is 0 Å². The zero-order valence-corrected chi connectivity index (χ0v) is 43.4. The molecule has 80 heavy (non-hydrogen) atoms. The summed E-state index contributed by atoms with van der Waals surface area (Å²) in [4.78, 5) is 91.1. The number of fused-ring (bicyclic) bond motifs is 2. The number of benzene rings is 9. The number of hydrogen-bond acceptors (Lipinski definition) is 14. The van der Waals surface area contributed by atoms with Crippen LogP contribution in [0.5, 0.6) is 46.0 Å². The monoisotopic (exact) mass is 1080 g/mol. The number of nitrogens with one attached hydrogen (secondary N) is 2. The predicted molar refractivity (Wildman–Crippen MR) is 295 cm³/mol. The van der Waals surface area contributed by atoms with Crippen molar-refractivity contribution < 1.29 is 67.4 Å². The van der Waals surface area contributed by atoms with Crippen molar-refractivity contribution in [3.8, 4) is 46.0 Å². The molecule has 6 amide bonds. The van der Waals surface area contributed by atoms with Crippen LogP contribution in [0.3, 0.4) is 0 Å². The number of nitrogens with zero attached hydrogens (tertiary/aromatic N) is 2. The molecule has 9 aromatic rings. The van der Waals surface area contributed by atoms with Gasteiger partial charge in [-0.2, -0.15) is 0 Å². The molecule has 0 fully saturated rings. The second-order valence-electron chi connectivity index (χ2n) is 18.7. The highest BCUT2D eigenvalue weighted by Crippen LogP contribution is 2.58. The average Bonchev–Trinajstić information content (AvgIpc) is 2.88. The highest BCUT2D eigenvalue weighted by Gasteiger charge is 2.46. The number of rotatable bonds is 22. The van der Waals surface area contributed by atoms with Gasteiger partial charge in [-0.15, -0.1) is 0 Å². The number of amides is 6. The Kier molecular flexibility index (Phi) is 14.8. The maximum Gasteiger partial charge on any atom is 0.262 e. The van der Waals surface area contributed by atoms with Crippen LogP contribution in [-0.2, 0) is 19.1 Å². The molecule has 0 saturated heterocycles. The third-order valence-electron chi connectivity index (χ3n) is 13.9. The number of carbonyl (C=O) groups is 6. The van der Waals surface area contributed by atoms with Crippen LogP contribution in [0.15, 0.2) is 146 Å². The summed E-state index contributed by atoms with van der Waals surface area (Å²) in [6.07, 6.45) is 0. The molecule has 2 atom stereocenters. The van der Waals surface area contributed by atoms with Gasteiger partial charge in [-0.25, -0.2) is 0 Å². The first-order chi connectivity index (χ1) is 39.1. The van der Waals surface area contributed by atoms with Gasteiger partial charge >= 0.3 is 0 Å². The van der Waals surface area contributed by atoms with Crippen molar-refractivity contribution in [3.63, 3.8) is 0 Å². The molecule has 2 aliphatic heterocycles. The normalized spacial score (nSPS) is 13.8. The van der Waals surface area contributed by atoms with E-state index in [4.69, 9.17) is 28.4 Å². The van der Waals surface area contributed by atoms with Gasteiger partial charge in [-0.3, -0.25) is 38.6 Å². The highest BCUT2D eigenvalue weighted by molar-refractivity contribution is 6.45. The van der Waals surface area contributed by atoms with Crippen molar-refractivity contribution in [2.24, 2.45) is 0 Å². The summed E-state index contributed by atoms with van der Waals surface area (Å²) < 4.78 is 38.4. The molecule has 2 unspecified atom stereocenters. The van der Waals surface area contributed by atoms with Crippen LogP contribution in [-0.4, -0.2) is 120 Å². The molecule has 9 aromatic carbocycles. The van der Waals surface area contributed by atoms with E-state index in [0.29, 0.717) is 36.2 Å². The molecule has 0 aromatic heterocycles. The van der Waals surface area contributed by atoms with Gasteiger partial charge in [0.05, 0.1) is 48.7 Å². The van der Waals surface area contributed by atoms with Gasteiger partial charge in [0.25, 0.3) is 23.6 Å². The third kappa shape index (κ3) is 9.38. The van der Waals surface area contributed by atoms with E-state index in [9.17, 15) is 19.8 Å². The van der Waals surface area contributed by atoms with Crippen LogP contribution in [0.2, 0.25) is 0 Å². The lowest BCUT2D eigenvalue weighted by Crippen LogP contribution is -2.55. The average molecular weight is 1080 g/mol. The SMILES string of the molecule is CCOCCNC(=O)C(CO)N1C(=O)c2cc(Oc3ccccc3)c3c4c(Oc5ccccc5)cc5c6c(cc(Oc7ccccc7)c(c7c(Oc8ccccc8)cc(c2c37)C1=O)c64)C(=O)N(C(CO)C(=O)NCCOCC)C5=O. The Hall–Kier alpha value is -9.46. The first-order valence-corrected chi connectivity index (χ1v) is 26.0. The largest absolute Gasteiger partial charge is 0.457 e.